The van der Waals surface area contributed by atoms with Crippen molar-refractivity contribution in [3.05, 3.63) is 58.4 Å². The van der Waals surface area contributed by atoms with Gasteiger partial charge >= 0.3 is 0 Å². The Labute approximate surface area is 155 Å². The maximum atomic E-state index is 12.2. The Bertz CT molecular complexity index is 871. The number of nitrogens with zero attached hydrogens (tertiary/aromatic N) is 2. The van der Waals surface area contributed by atoms with E-state index in [1.807, 2.05) is 41.8 Å². The maximum Gasteiger partial charge on any atom is 0.289 e. The van der Waals surface area contributed by atoms with Gasteiger partial charge in [0.25, 0.3) is 5.91 Å². The van der Waals surface area contributed by atoms with Crippen LogP contribution in [0.2, 0.25) is 0 Å². The summed E-state index contributed by atoms with van der Waals surface area (Å²) in [5.74, 6) is 0.413. The second-order valence-corrected chi connectivity index (χ2v) is 6.56. The van der Waals surface area contributed by atoms with Gasteiger partial charge in [-0.2, -0.15) is 10.2 Å². The van der Waals surface area contributed by atoms with Gasteiger partial charge in [-0.15, -0.1) is 11.3 Å². The molecule has 2 heterocycles. The van der Waals surface area contributed by atoms with Gasteiger partial charge in [-0.25, -0.2) is 5.43 Å². The SMILES string of the molecule is CCCCOc1ccccc1-c1cc(C(=O)NN=Cc2cccs2)[nH]n1. The zero-order valence-electron chi connectivity index (χ0n) is 14.4. The minimum atomic E-state index is -0.346. The minimum absolute atomic E-state index is 0.340. The van der Waals surface area contributed by atoms with Crippen LogP contribution in [0.4, 0.5) is 0 Å². The Balaban J connectivity index is 1.68. The Hall–Kier alpha value is -2.93. The van der Waals surface area contributed by atoms with Crippen molar-refractivity contribution in [2.24, 2.45) is 5.10 Å². The summed E-state index contributed by atoms with van der Waals surface area (Å²) in [5.41, 5.74) is 4.34. The van der Waals surface area contributed by atoms with E-state index >= 15 is 0 Å². The number of hydrazone groups is 1. The summed E-state index contributed by atoms with van der Waals surface area (Å²) in [7, 11) is 0. The molecule has 0 fully saturated rings. The summed E-state index contributed by atoms with van der Waals surface area (Å²) >= 11 is 1.55. The molecule has 1 amide bonds. The van der Waals surface area contributed by atoms with Crippen LogP contribution in [0.5, 0.6) is 5.75 Å². The van der Waals surface area contributed by atoms with Crippen molar-refractivity contribution in [3.8, 4) is 17.0 Å². The molecule has 26 heavy (non-hydrogen) atoms. The molecule has 2 N–H and O–H groups in total. The molecule has 134 valence electrons. The molecule has 1 aromatic carbocycles. The van der Waals surface area contributed by atoms with Crippen molar-refractivity contribution in [1.82, 2.24) is 15.6 Å². The number of aromatic amines is 1. The normalized spacial score (nSPS) is 11.0. The van der Waals surface area contributed by atoms with Gasteiger partial charge in [-0.05, 0) is 36.1 Å². The predicted molar refractivity (Wildman–Crippen MR) is 104 cm³/mol. The molecular formula is C19H20N4O2S. The van der Waals surface area contributed by atoms with E-state index in [0.29, 0.717) is 18.0 Å². The van der Waals surface area contributed by atoms with Crippen molar-refractivity contribution < 1.29 is 9.53 Å². The van der Waals surface area contributed by atoms with Crippen LogP contribution in [0, 0.1) is 0 Å². The van der Waals surface area contributed by atoms with Crippen LogP contribution in [0.1, 0.15) is 35.1 Å². The van der Waals surface area contributed by atoms with E-state index in [1.165, 1.54) is 0 Å². The second-order valence-electron chi connectivity index (χ2n) is 5.58. The summed E-state index contributed by atoms with van der Waals surface area (Å²) in [5, 5.41) is 12.9. The van der Waals surface area contributed by atoms with Crippen molar-refractivity contribution >= 4 is 23.5 Å². The van der Waals surface area contributed by atoms with Crippen LogP contribution < -0.4 is 10.2 Å². The molecule has 0 unspecified atom stereocenters. The molecule has 0 radical (unpaired) electrons. The number of hydrogen-bond donors (Lipinski definition) is 2. The van der Waals surface area contributed by atoms with Gasteiger partial charge in [0.15, 0.2) is 0 Å². The van der Waals surface area contributed by atoms with E-state index in [4.69, 9.17) is 4.74 Å². The zero-order chi connectivity index (χ0) is 18.2. The molecule has 0 spiro atoms. The van der Waals surface area contributed by atoms with Crippen molar-refractivity contribution in [3.63, 3.8) is 0 Å². The number of thiophene rings is 1. The molecule has 0 aliphatic heterocycles. The Kier molecular flexibility index (Phi) is 6.16. The number of nitrogens with one attached hydrogen (secondary N) is 2. The molecule has 0 saturated carbocycles. The van der Waals surface area contributed by atoms with E-state index < -0.39 is 0 Å². The second kappa shape index (κ2) is 8.96. The third kappa shape index (κ3) is 4.58. The molecule has 7 heteroatoms. The number of para-hydroxylation sites is 1. The van der Waals surface area contributed by atoms with Gasteiger partial charge in [-0.3, -0.25) is 9.89 Å². The molecule has 0 bridgehead atoms. The average Bonchev–Trinajstić information content (AvgIpc) is 3.34. The van der Waals surface area contributed by atoms with E-state index in [1.54, 1.807) is 23.6 Å². The number of ether oxygens (including phenoxy) is 1. The molecule has 0 saturated heterocycles. The van der Waals surface area contributed by atoms with Gasteiger partial charge in [0.2, 0.25) is 0 Å². The van der Waals surface area contributed by atoms with Gasteiger partial charge in [-0.1, -0.05) is 31.5 Å². The summed E-state index contributed by atoms with van der Waals surface area (Å²) in [6.45, 7) is 2.78. The Morgan fingerprint density at radius 1 is 1.35 bits per heavy atom. The highest BCUT2D eigenvalue weighted by atomic mass is 32.1. The first-order valence-electron chi connectivity index (χ1n) is 8.42. The van der Waals surface area contributed by atoms with Crippen LogP contribution in [-0.2, 0) is 0 Å². The largest absolute Gasteiger partial charge is 0.493 e. The number of benzene rings is 1. The Morgan fingerprint density at radius 3 is 3.04 bits per heavy atom. The van der Waals surface area contributed by atoms with Crippen molar-refractivity contribution in [1.29, 1.82) is 0 Å². The first kappa shape index (κ1) is 17.9. The fourth-order valence-electron chi connectivity index (χ4n) is 2.29. The number of H-pyrrole nitrogens is 1. The monoisotopic (exact) mass is 368 g/mol. The fraction of sp³-hybridized carbons (Fsp3) is 0.211. The third-order valence-corrected chi connectivity index (χ3v) is 4.45. The maximum absolute atomic E-state index is 12.2. The molecule has 3 rings (SSSR count). The zero-order valence-corrected chi connectivity index (χ0v) is 15.3. The van der Waals surface area contributed by atoms with Crippen LogP contribution in [-0.4, -0.2) is 28.9 Å². The fourth-order valence-corrected chi connectivity index (χ4v) is 2.87. The highest BCUT2D eigenvalue weighted by molar-refractivity contribution is 7.11. The molecule has 2 aromatic heterocycles. The first-order valence-corrected chi connectivity index (χ1v) is 9.30. The molecule has 0 aliphatic carbocycles. The summed E-state index contributed by atoms with van der Waals surface area (Å²) in [6.07, 6.45) is 3.67. The summed E-state index contributed by atoms with van der Waals surface area (Å²) in [6, 6.07) is 13.2. The van der Waals surface area contributed by atoms with Gasteiger partial charge in [0, 0.05) is 10.4 Å². The number of rotatable bonds is 8. The van der Waals surface area contributed by atoms with Crippen LogP contribution in [0.15, 0.2) is 52.9 Å². The molecule has 3 aromatic rings. The molecule has 0 atom stereocenters. The number of carbonyl (C=O) groups is 1. The highest BCUT2D eigenvalue weighted by Gasteiger charge is 2.13. The van der Waals surface area contributed by atoms with E-state index in [-0.39, 0.29) is 5.91 Å². The van der Waals surface area contributed by atoms with Crippen LogP contribution in [0.3, 0.4) is 0 Å². The Morgan fingerprint density at radius 2 is 2.23 bits per heavy atom. The highest BCUT2D eigenvalue weighted by Crippen LogP contribution is 2.28. The lowest BCUT2D eigenvalue weighted by molar-refractivity contribution is 0.0950. The quantitative estimate of drug-likeness (QED) is 0.357. The van der Waals surface area contributed by atoms with Crippen LogP contribution >= 0.6 is 11.3 Å². The number of carbonyl (C=O) groups excluding carboxylic acids is 1. The van der Waals surface area contributed by atoms with E-state index in [2.05, 4.69) is 27.6 Å². The average molecular weight is 368 g/mol. The summed E-state index contributed by atoms with van der Waals surface area (Å²) < 4.78 is 5.83. The molecule has 0 aliphatic rings. The number of hydrogen-bond acceptors (Lipinski definition) is 5. The van der Waals surface area contributed by atoms with E-state index in [0.717, 1.165) is 29.0 Å². The standard InChI is InChI=1S/C19H20N4O2S/c1-2-3-10-25-18-9-5-4-8-15(18)16-12-17(22-21-16)19(24)23-20-13-14-7-6-11-26-14/h4-9,11-13H,2-3,10H2,1H3,(H,21,22)(H,23,24). The lowest BCUT2D eigenvalue weighted by Crippen LogP contribution is -2.17. The number of amides is 1. The predicted octanol–water partition coefficient (Wildman–Crippen LogP) is 4.08. The minimum Gasteiger partial charge on any atom is -0.493 e. The van der Waals surface area contributed by atoms with Crippen molar-refractivity contribution in [2.75, 3.05) is 6.61 Å². The van der Waals surface area contributed by atoms with Gasteiger partial charge < -0.3 is 4.74 Å². The lowest BCUT2D eigenvalue weighted by atomic mass is 10.1. The van der Waals surface area contributed by atoms with Gasteiger partial charge in [0.1, 0.15) is 11.4 Å². The third-order valence-electron chi connectivity index (χ3n) is 3.64. The van der Waals surface area contributed by atoms with Crippen LogP contribution in [0.25, 0.3) is 11.3 Å². The van der Waals surface area contributed by atoms with Gasteiger partial charge in [0.05, 0.1) is 18.5 Å². The first-order chi connectivity index (χ1) is 12.8. The lowest BCUT2D eigenvalue weighted by Gasteiger charge is -2.09. The smallest absolute Gasteiger partial charge is 0.289 e. The number of unbranched alkanes of at least 4 members (excludes halogenated alkanes) is 1. The summed E-state index contributed by atoms with van der Waals surface area (Å²) in [4.78, 5) is 13.2. The number of aromatic nitrogens is 2. The topological polar surface area (TPSA) is 79.4 Å². The van der Waals surface area contributed by atoms with Crippen molar-refractivity contribution in [2.45, 2.75) is 19.8 Å². The van der Waals surface area contributed by atoms with E-state index in [9.17, 15) is 4.79 Å². The molecule has 6 nitrogen and oxygen atoms in total. The molecular weight excluding hydrogens is 348 g/mol.